The van der Waals surface area contributed by atoms with Gasteiger partial charge in [0.2, 0.25) is 0 Å². The maximum Gasteiger partial charge on any atom is 0.270 e. The molecular weight excluding hydrogens is 396 g/mol. The minimum absolute atomic E-state index is 0.111. The summed E-state index contributed by atoms with van der Waals surface area (Å²) in [4.78, 5) is 25.6. The molecule has 0 N–H and O–H groups in total. The third-order valence-corrected chi connectivity index (χ3v) is 4.97. The van der Waals surface area contributed by atoms with Gasteiger partial charge >= 0.3 is 0 Å². The summed E-state index contributed by atoms with van der Waals surface area (Å²) in [5.41, 5.74) is 2.08. The molecule has 0 atom stereocenters. The Morgan fingerprint density at radius 2 is 1.71 bits per heavy atom. The molecule has 3 rings (SSSR count). The lowest BCUT2D eigenvalue weighted by Crippen LogP contribution is -2.32. The molecule has 0 saturated heterocycles. The lowest BCUT2D eigenvalue weighted by Gasteiger charge is -2.23. The van der Waals surface area contributed by atoms with E-state index in [1.54, 1.807) is 25.2 Å². The molecule has 0 bridgehead atoms. The highest BCUT2D eigenvalue weighted by Crippen LogP contribution is 2.21. The number of nitro benzene ring substituents is 1. The average molecular weight is 420 g/mol. The van der Waals surface area contributed by atoms with Crippen LogP contribution in [0.15, 0.2) is 72.8 Å². The summed E-state index contributed by atoms with van der Waals surface area (Å²) in [5, 5.41) is 11.1. The normalized spacial score (nSPS) is 10.4. The van der Waals surface area contributed by atoms with Crippen molar-refractivity contribution in [3.63, 3.8) is 0 Å². The Kier molecular flexibility index (Phi) is 7.22. The molecule has 31 heavy (non-hydrogen) atoms. The van der Waals surface area contributed by atoms with Crippen molar-refractivity contribution in [3.05, 3.63) is 99.6 Å². The van der Waals surface area contributed by atoms with Gasteiger partial charge in [-0.25, -0.2) is 0 Å². The molecule has 0 radical (unpaired) electrons. The molecule has 0 aliphatic rings. The average Bonchev–Trinajstić information content (AvgIpc) is 2.81. The number of rotatable bonds is 9. The van der Waals surface area contributed by atoms with Crippen LogP contribution in [0.5, 0.6) is 11.5 Å². The fraction of sp³-hybridized carbons (Fsp3) is 0.208. The largest absolute Gasteiger partial charge is 0.497 e. The van der Waals surface area contributed by atoms with Crippen LogP contribution in [0.2, 0.25) is 0 Å². The van der Waals surface area contributed by atoms with Crippen LogP contribution in [-0.4, -0.2) is 36.5 Å². The molecule has 3 aromatic carbocycles. The van der Waals surface area contributed by atoms with Crippen molar-refractivity contribution in [1.29, 1.82) is 0 Å². The van der Waals surface area contributed by atoms with E-state index in [-0.39, 0.29) is 17.2 Å². The van der Waals surface area contributed by atoms with Gasteiger partial charge in [0.1, 0.15) is 11.5 Å². The summed E-state index contributed by atoms with van der Waals surface area (Å²) >= 11 is 0. The Labute approximate surface area is 181 Å². The molecular formula is C24H24N2O5. The summed E-state index contributed by atoms with van der Waals surface area (Å²) in [6.07, 6.45) is 0.584. The highest BCUT2D eigenvalue weighted by atomic mass is 16.6. The second-order valence-electron chi connectivity index (χ2n) is 6.94. The third-order valence-electron chi connectivity index (χ3n) is 4.97. The minimum Gasteiger partial charge on any atom is -0.497 e. The molecule has 0 spiro atoms. The number of carbonyl (C=O) groups excluding carboxylic acids is 1. The first-order valence-corrected chi connectivity index (χ1v) is 9.80. The number of nitro groups is 1. The standard InChI is InChI=1S/C24H24N2O5/c1-30-22-12-10-18(11-13-22)17-25(15-14-19-6-3-4-9-23(19)31-2)24(27)20-7-5-8-21(16-20)26(28)29/h3-13,16H,14-15,17H2,1-2H3. The zero-order valence-corrected chi connectivity index (χ0v) is 17.5. The summed E-state index contributed by atoms with van der Waals surface area (Å²) in [7, 11) is 3.21. The molecule has 0 aromatic heterocycles. The number of amides is 1. The molecule has 160 valence electrons. The van der Waals surface area contributed by atoms with Crippen LogP contribution in [0.3, 0.4) is 0 Å². The number of hydrogen-bond acceptors (Lipinski definition) is 5. The van der Waals surface area contributed by atoms with Crippen molar-refractivity contribution in [2.75, 3.05) is 20.8 Å². The maximum absolute atomic E-state index is 13.3. The van der Waals surface area contributed by atoms with Crippen molar-refractivity contribution in [2.24, 2.45) is 0 Å². The summed E-state index contributed by atoms with van der Waals surface area (Å²) in [6, 6.07) is 20.9. The number of carbonyl (C=O) groups is 1. The quantitative estimate of drug-likeness (QED) is 0.376. The SMILES string of the molecule is COc1ccc(CN(CCc2ccccc2OC)C(=O)c2cccc([N+](=O)[O-])c2)cc1. The summed E-state index contributed by atoms with van der Waals surface area (Å²) in [5.74, 6) is 1.22. The number of nitrogens with zero attached hydrogens (tertiary/aromatic N) is 2. The van der Waals surface area contributed by atoms with Crippen molar-refractivity contribution in [1.82, 2.24) is 4.90 Å². The van der Waals surface area contributed by atoms with E-state index >= 15 is 0 Å². The molecule has 0 aliphatic heterocycles. The third kappa shape index (κ3) is 5.60. The van der Waals surface area contributed by atoms with Crippen LogP contribution in [0.4, 0.5) is 5.69 Å². The zero-order valence-electron chi connectivity index (χ0n) is 17.5. The van der Waals surface area contributed by atoms with Crippen molar-refractivity contribution >= 4 is 11.6 Å². The van der Waals surface area contributed by atoms with Gasteiger partial charge in [-0.2, -0.15) is 0 Å². The van der Waals surface area contributed by atoms with Gasteiger partial charge in [-0.15, -0.1) is 0 Å². The Hall–Kier alpha value is -3.87. The lowest BCUT2D eigenvalue weighted by molar-refractivity contribution is -0.384. The number of methoxy groups -OCH3 is 2. The molecule has 0 unspecified atom stereocenters. The predicted octanol–water partition coefficient (Wildman–Crippen LogP) is 4.50. The highest BCUT2D eigenvalue weighted by Gasteiger charge is 2.19. The van der Waals surface area contributed by atoms with Gasteiger partial charge in [-0.1, -0.05) is 36.4 Å². The Morgan fingerprint density at radius 1 is 0.968 bits per heavy atom. The molecule has 0 heterocycles. The van der Waals surface area contributed by atoms with Crippen LogP contribution in [-0.2, 0) is 13.0 Å². The van der Waals surface area contributed by atoms with Gasteiger partial charge in [0.15, 0.2) is 0 Å². The smallest absolute Gasteiger partial charge is 0.270 e. The maximum atomic E-state index is 13.3. The van der Waals surface area contributed by atoms with Gasteiger partial charge in [-0.05, 0) is 41.8 Å². The van der Waals surface area contributed by atoms with Crippen LogP contribution >= 0.6 is 0 Å². The van der Waals surface area contributed by atoms with Crippen LogP contribution in [0, 0.1) is 10.1 Å². The van der Waals surface area contributed by atoms with Crippen LogP contribution < -0.4 is 9.47 Å². The Balaban J connectivity index is 1.86. The Bertz CT molecular complexity index is 1050. The first-order chi connectivity index (χ1) is 15.0. The van der Waals surface area contributed by atoms with E-state index < -0.39 is 4.92 Å². The monoisotopic (exact) mass is 420 g/mol. The van der Waals surface area contributed by atoms with Gasteiger partial charge < -0.3 is 14.4 Å². The van der Waals surface area contributed by atoms with Gasteiger partial charge in [0, 0.05) is 30.8 Å². The van der Waals surface area contributed by atoms with Crippen molar-refractivity contribution < 1.29 is 19.2 Å². The van der Waals surface area contributed by atoms with Crippen LogP contribution in [0.1, 0.15) is 21.5 Å². The second kappa shape index (κ2) is 10.2. The van der Waals surface area contributed by atoms with Gasteiger partial charge in [-0.3, -0.25) is 14.9 Å². The zero-order chi connectivity index (χ0) is 22.2. The van der Waals surface area contributed by atoms with E-state index in [1.165, 1.54) is 18.2 Å². The number of benzene rings is 3. The second-order valence-corrected chi connectivity index (χ2v) is 6.94. The molecule has 7 heteroatoms. The predicted molar refractivity (Wildman–Crippen MR) is 118 cm³/mol. The van der Waals surface area contributed by atoms with E-state index in [9.17, 15) is 14.9 Å². The van der Waals surface area contributed by atoms with Crippen molar-refractivity contribution in [2.45, 2.75) is 13.0 Å². The van der Waals surface area contributed by atoms with E-state index in [2.05, 4.69) is 0 Å². The number of ether oxygens (including phenoxy) is 2. The molecule has 1 amide bonds. The molecule has 0 saturated carbocycles. The number of para-hydroxylation sites is 1. The lowest BCUT2D eigenvalue weighted by atomic mass is 10.1. The number of hydrogen-bond donors (Lipinski definition) is 0. The summed E-state index contributed by atoms with van der Waals surface area (Å²) < 4.78 is 10.6. The van der Waals surface area contributed by atoms with Gasteiger partial charge in [0.05, 0.1) is 19.1 Å². The van der Waals surface area contributed by atoms with Crippen molar-refractivity contribution in [3.8, 4) is 11.5 Å². The number of non-ortho nitro benzene ring substituents is 1. The van der Waals surface area contributed by atoms with Gasteiger partial charge in [0.25, 0.3) is 11.6 Å². The first kappa shape index (κ1) is 21.8. The van der Waals surface area contributed by atoms with Crippen LogP contribution in [0.25, 0.3) is 0 Å². The molecule has 0 aliphatic carbocycles. The molecule has 3 aromatic rings. The highest BCUT2D eigenvalue weighted by molar-refractivity contribution is 5.94. The summed E-state index contributed by atoms with van der Waals surface area (Å²) in [6.45, 7) is 0.786. The Morgan fingerprint density at radius 3 is 2.39 bits per heavy atom. The van der Waals surface area contributed by atoms with E-state index in [0.717, 1.165) is 22.6 Å². The first-order valence-electron chi connectivity index (χ1n) is 9.80. The topological polar surface area (TPSA) is 81.9 Å². The van der Waals surface area contributed by atoms with E-state index in [4.69, 9.17) is 9.47 Å². The molecule has 7 nitrogen and oxygen atoms in total. The minimum atomic E-state index is -0.501. The fourth-order valence-corrected chi connectivity index (χ4v) is 3.30. The molecule has 0 fully saturated rings. The fourth-order valence-electron chi connectivity index (χ4n) is 3.30. The van der Waals surface area contributed by atoms with E-state index in [1.807, 2.05) is 48.5 Å². The van der Waals surface area contributed by atoms with E-state index in [0.29, 0.717) is 19.5 Å².